The summed E-state index contributed by atoms with van der Waals surface area (Å²) in [6.07, 6.45) is 0.364. The van der Waals surface area contributed by atoms with E-state index in [1.165, 1.54) is 11.0 Å². The fourth-order valence-corrected chi connectivity index (χ4v) is 4.78. The molecule has 5 rings (SSSR count). The van der Waals surface area contributed by atoms with Crippen LogP contribution in [0.2, 0.25) is 0 Å². The predicted molar refractivity (Wildman–Crippen MR) is 125 cm³/mol. The Balaban J connectivity index is 1.26. The minimum absolute atomic E-state index is 0.0675. The van der Waals surface area contributed by atoms with Crippen LogP contribution < -0.4 is 5.32 Å². The minimum Gasteiger partial charge on any atom is -0.480 e. The van der Waals surface area contributed by atoms with Gasteiger partial charge in [-0.25, -0.2) is 14.6 Å². The van der Waals surface area contributed by atoms with E-state index in [1.807, 2.05) is 36.4 Å². The molecule has 0 bridgehead atoms. The average molecular weight is 457 g/mol. The van der Waals surface area contributed by atoms with Crippen molar-refractivity contribution >= 4 is 23.8 Å². The quantitative estimate of drug-likeness (QED) is 0.596. The number of carboxylic acid groups (broad SMARTS) is 1. The number of aliphatic carboxylic acids is 1. The summed E-state index contributed by atoms with van der Waals surface area (Å²) in [5, 5.41) is 11.9. The first-order chi connectivity index (χ1) is 16.5. The van der Waals surface area contributed by atoms with E-state index < -0.39 is 24.0 Å². The molecule has 2 amide bonds. The van der Waals surface area contributed by atoms with Gasteiger partial charge in [0.15, 0.2) is 0 Å². The number of nitrogens with one attached hydrogen (secondary N) is 1. The van der Waals surface area contributed by atoms with Crippen molar-refractivity contribution in [3.63, 3.8) is 0 Å². The largest absolute Gasteiger partial charge is 0.480 e. The molecule has 1 aromatic heterocycles. The summed E-state index contributed by atoms with van der Waals surface area (Å²) >= 11 is 0. The number of ether oxygens (including phenoxy) is 1. The van der Waals surface area contributed by atoms with Crippen molar-refractivity contribution in [3.05, 3.63) is 83.6 Å². The van der Waals surface area contributed by atoms with Crippen LogP contribution in [0.25, 0.3) is 11.1 Å². The highest BCUT2D eigenvalue weighted by Crippen LogP contribution is 2.44. The lowest BCUT2D eigenvalue weighted by Gasteiger charge is -2.21. The van der Waals surface area contributed by atoms with Crippen LogP contribution in [0.4, 0.5) is 10.6 Å². The minimum atomic E-state index is -1.03. The molecule has 2 N–H and O–H groups in total. The van der Waals surface area contributed by atoms with E-state index in [-0.39, 0.29) is 24.0 Å². The molecule has 1 atom stereocenters. The third kappa shape index (κ3) is 3.98. The number of likely N-dealkylation sites (tertiary alicyclic amines) is 1. The zero-order valence-electron chi connectivity index (χ0n) is 18.3. The van der Waals surface area contributed by atoms with Crippen LogP contribution in [0.1, 0.15) is 40.4 Å². The lowest BCUT2D eigenvalue weighted by atomic mass is 9.98. The molecule has 1 aliphatic carbocycles. The highest BCUT2D eigenvalue weighted by Gasteiger charge is 2.35. The number of carbonyl (C=O) groups is 3. The molecule has 3 aromatic rings. The molecule has 8 nitrogen and oxygen atoms in total. The van der Waals surface area contributed by atoms with Gasteiger partial charge in [-0.2, -0.15) is 0 Å². The standard InChI is InChI=1S/C26H23N3O5/c30-24(29-14-6-12-22(29)25(31)32)21-11-5-13-23(27-21)28-26(33)34-15-20-18-9-3-1-7-16(18)17-8-2-4-10-19(17)20/h1-5,7-11,13,20,22H,6,12,14-15H2,(H,31,32)(H,27,28,33). The summed E-state index contributed by atoms with van der Waals surface area (Å²) < 4.78 is 5.53. The number of hydrogen-bond acceptors (Lipinski definition) is 5. The number of benzene rings is 2. The summed E-state index contributed by atoms with van der Waals surface area (Å²) in [5.74, 6) is -1.41. The van der Waals surface area contributed by atoms with E-state index >= 15 is 0 Å². The molecule has 2 aromatic carbocycles. The van der Waals surface area contributed by atoms with Crippen LogP contribution in [-0.2, 0) is 9.53 Å². The summed E-state index contributed by atoms with van der Waals surface area (Å²) in [4.78, 5) is 42.2. The molecule has 34 heavy (non-hydrogen) atoms. The fourth-order valence-electron chi connectivity index (χ4n) is 4.78. The van der Waals surface area contributed by atoms with E-state index in [9.17, 15) is 19.5 Å². The first-order valence-electron chi connectivity index (χ1n) is 11.2. The molecule has 1 aliphatic heterocycles. The molecule has 0 saturated carbocycles. The number of fused-ring (bicyclic) bond motifs is 3. The lowest BCUT2D eigenvalue weighted by Crippen LogP contribution is -2.40. The summed E-state index contributed by atoms with van der Waals surface area (Å²) in [6.45, 7) is 0.522. The van der Waals surface area contributed by atoms with Crippen LogP contribution >= 0.6 is 0 Å². The van der Waals surface area contributed by atoms with Crippen LogP contribution in [0.3, 0.4) is 0 Å². The molecular formula is C26H23N3O5. The number of pyridine rings is 1. The third-order valence-corrected chi connectivity index (χ3v) is 6.34. The van der Waals surface area contributed by atoms with Crippen LogP contribution in [0.15, 0.2) is 66.7 Å². The van der Waals surface area contributed by atoms with Gasteiger partial charge in [0.1, 0.15) is 24.2 Å². The van der Waals surface area contributed by atoms with E-state index in [1.54, 1.807) is 12.1 Å². The topological polar surface area (TPSA) is 109 Å². The number of amides is 2. The predicted octanol–water partition coefficient (Wildman–Crippen LogP) is 4.13. The maximum atomic E-state index is 12.8. The fraction of sp³-hybridized carbons (Fsp3) is 0.231. The van der Waals surface area contributed by atoms with Crippen LogP contribution in [0.5, 0.6) is 0 Å². The van der Waals surface area contributed by atoms with Gasteiger partial charge in [0, 0.05) is 12.5 Å². The summed E-state index contributed by atoms with van der Waals surface area (Å²) in [5.41, 5.74) is 4.58. The van der Waals surface area contributed by atoms with E-state index in [0.29, 0.717) is 19.4 Å². The Morgan fingerprint density at radius 1 is 0.971 bits per heavy atom. The third-order valence-electron chi connectivity index (χ3n) is 6.34. The van der Waals surface area contributed by atoms with Crippen molar-refractivity contribution < 1.29 is 24.2 Å². The van der Waals surface area contributed by atoms with Crippen molar-refractivity contribution in [2.45, 2.75) is 24.8 Å². The number of carbonyl (C=O) groups excluding carboxylic acids is 2. The second kappa shape index (κ2) is 8.97. The molecule has 2 heterocycles. The zero-order chi connectivity index (χ0) is 23.7. The van der Waals surface area contributed by atoms with Gasteiger partial charge >= 0.3 is 12.1 Å². The van der Waals surface area contributed by atoms with Crippen molar-refractivity contribution in [2.24, 2.45) is 0 Å². The smallest absolute Gasteiger partial charge is 0.412 e. The highest BCUT2D eigenvalue weighted by molar-refractivity contribution is 5.96. The summed E-state index contributed by atoms with van der Waals surface area (Å²) in [6, 6.07) is 19.9. The van der Waals surface area contributed by atoms with Gasteiger partial charge in [0.05, 0.1) is 0 Å². The molecule has 0 spiro atoms. The molecule has 8 heteroatoms. The zero-order valence-corrected chi connectivity index (χ0v) is 18.3. The van der Waals surface area contributed by atoms with Crippen molar-refractivity contribution in [3.8, 4) is 11.1 Å². The SMILES string of the molecule is O=C(Nc1cccc(C(=O)N2CCCC2C(=O)O)n1)OCC1c2ccccc2-c2ccccc21. The number of nitrogens with zero attached hydrogens (tertiary/aromatic N) is 2. The van der Waals surface area contributed by atoms with Gasteiger partial charge < -0.3 is 14.7 Å². The van der Waals surface area contributed by atoms with Crippen LogP contribution in [0, 0.1) is 0 Å². The molecule has 1 saturated heterocycles. The number of carboxylic acids is 1. The van der Waals surface area contributed by atoms with Gasteiger partial charge in [-0.15, -0.1) is 0 Å². The lowest BCUT2D eigenvalue weighted by molar-refractivity contribution is -0.141. The number of aromatic nitrogens is 1. The van der Waals surface area contributed by atoms with Gasteiger partial charge in [0.2, 0.25) is 0 Å². The average Bonchev–Trinajstić information content (AvgIpc) is 3.46. The molecule has 0 radical (unpaired) electrons. The van der Waals surface area contributed by atoms with E-state index in [2.05, 4.69) is 22.4 Å². The Labute approximate surface area is 196 Å². The Morgan fingerprint density at radius 2 is 1.65 bits per heavy atom. The molecule has 172 valence electrons. The van der Waals surface area contributed by atoms with E-state index in [0.717, 1.165) is 22.3 Å². The Bertz CT molecular complexity index is 1230. The molecule has 1 fully saturated rings. The van der Waals surface area contributed by atoms with Crippen molar-refractivity contribution in [1.82, 2.24) is 9.88 Å². The molecular weight excluding hydrogens is 434 g/mol. The maximum Gasteiger partial charge on any atom is 0.412 e. The van der Waals surface area contributed by atoms with Gasteiger partial charge in [-0.3, -0.25) is 10.1 Å². The highest BCUT2D eigenvalue weighted by atomic mass is 16.5. The number of hydrogen-bond donors (Lipinski definition) is 2. The first kappa shape index (κ1) is 21.6. The molecule has 2 aliphatic rings. The van der Waals surface area contributed by atoms with Crippen LogP contribution in [-0.4, -0.2) is 52.2 Å². The van der Waals surface area contributed by atoms with E-state index in [4.69, 9.17) is 4.74 Å². The monoisotopic (exact) mass is 457 g/mol. The summed E-state index contributed by atoms with van der Waals surface area (Å²) in [7, 11) is 0. The Kier molecular flexibility index (Phi) is 5.71. The Morgan fingerprint density at radius 3 is 2.32 bits per heavy atom. The van der Waals surface area contributed by atoms with Crippen molar-refractivity contribution in [1.29, 1.82) is 0 Å². The van der Waals surface area contributed by atoms with Gasteiger partial charge in [-0.1, -0.05) is 54.6 Å². The van der Waals surface area contributed by atoms with Gasteiger partial charge in [0.25, 0.3) is 5.91 Å². The number of rotatable bonds is 5. The van der Waals surface area contributed by atoms with Gasteiger partial charge in [-0.05, 0) is 47.2 Å². The second-order valence-corrected chi connectivity index (χ2v) is 8.35. The number of anilines is 1. The Hall–Kier alpha value is -4.20. The van der Waals surface area contributed by atoms with Crippen molar-refractivity contribution in [2.75, 3.05) is 18.5 Å². The molecule has 1 unspecified atom stereocenters. The second-order valence-electron chi connectivity index (χ2n) is 8.35. The normalized spacial score (nSPS) is 16.6. The first-order valence-corrected chi connectivity index (χ1v) is 11.2. The maximum absolute atomic E-state index is 12.8.